The molecule has 0 fully saturated rings. The molecule has 0 saturated carbocycles. The van der Waals surface area contributed by atoms with Crippen molar-refractivity contribution in [2.45, 2.75) is 6.92 Å². The number of methoxy groups -OCH3 is 1. The topological polar surface area (TPSA) is 93.8 Å². The van der Waals surface area contributed by atoms with Crippen molar-refractivity contribution >= 4 is 28.9 Å². The second kappa shape index (κ2) is 7.56. The van der Waals surface area contributed by atoms with E-state index in [4.69, 9.17) is 16.3 Å². The molecule has 7 nitrogen and oxygen atoms in total. The molecule has 8 heteroatoms. The van der Waals surface area contributed by atoms with E-state index in [2.05, 4.69) is 10.5 Å². The van der Waals surface area contributed by atoms with Gasteiger partial charge < -0.3 is 4.74 Å². The molecule has 124 valence electrons. The summed E-state index contributed by atoms with van der Waals surface area (Å²) in [7, 11) is 1.44. The van der Waals surface area contributed by atoms with Gasteiger partial charge in [-0.1, -0.05) is 23.7 Å². The van der Waals surface area contributed by atoms with Crippen LogP contribution in [-0.4, -0.2) is 23.7 Å². The van der Waals surface area contributed by atoms with Crippen LogP contribution in [0.2, 0.25) is 5.02 Å². The predicted octanol–water partition coefficient (Wildman–Crippen LogP) is 3.41. The van der Waals surface area contributed by atoms with Gasteiger partial charge in [0.15, 0.2) is 0 Å². The number of halogens is 1. The lowest BCUT2D eigenvalue weighted by Gasteiger charge is -2.08. The third-order valence-electron chi connectivity index (χ3n) is 3.21. The SMILES string of the molecule is COc1ccc(Cl)cc1C(=O)NN=C(C)c1cccc([N+](=O)[O-])c1. The number of ether oxygens (including phenoxy) is 1. The lowest BCUT2D eigenvalue weighted by atomic mass is 10.1. The Hall–Kier alpha value is -2.93. The van der Waals surface area contributed by atoms with E-state index in [1.54, 1.807) is 31.2 Å². The van der Waals surface area contributed by atoms with E-state index in [9.17, 15) is 14.9 Å². The molecule has 0 aliphatic rings. The summed E-state index contributed by atoms with van der Waals surface area (Å²) in [6, 6.07) is 10.6. The van der Waals surface area contributed by atoms with E-state index >= 15 is 0 Å². The number of benzene rings is 2. The molecular weight excluding hydrogens is 334 g/mol. The number of nitrogens with one attached hydrogen (secondary N) is 1. The number of hydrazone groups is 1. The molecule has 1 N–H and O–H groups in total. The zero-order chi connectivity index (χ0) is 17.7. The molecule has 0 bridgehead atoms. The predicted molar refractivity (Wildman–Crippen MR) is 90.8 cm³/mol. The van der Waals surface area contributed by atoms with Gasteiger partial charge in [-0.25, -0.2) is 5.43 Å². The average molecular weight is 348 g/mol. The van der Waals surface area contributed by atoms with E-state index in [-0.39, 0.29) is 11.3 Å². The minimum absolute atomic E-state index is 0.0510. The Balaban J connectivity index is 2.21. The summed E-state index contributed by atoms with van der Waals surface area (Å²) in [5.74, 6) is -0.140. The third-order valence-corrected chi connectivity index (χ3v) is 3.44. The molecular formula is C16H14ClN3O4. The minimum Gasteiger partial charge on any atom is -0.496 e. The van der Waals surface area contributed by atoms with Crippen molar-refractivity contribution in [1.29, 1.82) is 0 Å². The second-order valence-electron chi connectivity index (χ2n) is 4.79. The first-order chi connectivity index (χ1) is 11.4. The summed E-state index contributed by atoms with van der Waals surface area (Å²) in [5, 5.41) is 15.2. The maximum absolute atomic E-state index is 12.2. The smallest absolute Gasteiger partial charge is 0.275 e. The fourth-order valence-electron chi connectivity index (χ4n) is 1.96. The molecule has 0 spiro atoms. The number of hydrogen-bond donors (Lipinski definition) is 1. The Kier molecular flexibility index (Phi) is 5.49. The van der Waals surface area contributed by atoms with Crippen molar-refractivity contribution in [2.24, 2.45) is 5.10 Å². The number of amides is 1. The molecule has 0 radical (unpaired) electrons. The van der Waals surface area contributed by atoms with E-state index in [0.717, 1.165) is 0 Å². The number of nitrogens with zero attached hydrogens (tertiary/aromatic N) is 2. The van der Waals surface area contributed by atoms with Gasteiger partial charge in [-0.2, -0.15) is 5.10 Å². The van der Waals surface area contributed by atoms with Gasteiger partial charge in [0.05, 0.1) is 23.3 Å². The van der Waals surface area contributed by atoms with Crippen LogP contribution >= 0.6 is 11.6 Å². The normalized spacial score (nSPS) is 11.0. The maximum atomic E-state index is 12.2. The Morgan fingerprint density at radius 1 is 1.29 bits per heavy atom. The van der Waals surface area contributed by atoms with Crippen molar-refractivity contribution < 1.29 is 14.5 Å². The Labute approximate surface area is 143 Å². The Bertz CT molecular complexity index is 821. The van der Waals surface area contributed by atoms with Crippen molar-refractivity contribution in [3.05, 3.63) is 68.7 Å². The first kappa shape index (κ1) is 17.4. The summed E-state index contributed by atoms with van der Waals surface area (Å²) < 4.78 is 5.11. The highest BCUT2D eigenvalue weighted by Gasteiger charge is 2.13. The summed E-state index contributed by atoms with van der Waals surface area (Å²) in [4.78, 5) is 22.5. The zero-order valence-corrected chi connectivity index (χ0v) is 13.7. The minimum atomic E-state index is -0.501. The standard InChI is InChI=1S/C16H14ClN3O4/c1-10(11-4-3-5-13(8-11)20(22)23)18-19-16(21)14-9-12(17)6-7-15(14)24-2/h3-9H,1-2H3,(H,19,21). The van der Waals surface area contributed by atoms with Gasteiger partial charge in [0, 0.05) is 22.7 Å². The van der Waals surface area contributed by atoms with Crippen LogP contribution in [0.25, 0.3) is 0 Å². The highest BCUT2D eigenvalue weighted by molar-refractivity contribution is 6.31. The van der Waals surface area contributed by atoms with Crippen molar-refractivity contribution in [3.63, 3.8) is 0 Å². The highest BCUT2D eigenvalue weighted by Crippen LogP contribution is 2.22. The van der Waals surface area contributed by atoms with Gasteiger partial charge in [-0.15, -0.1) is 0 Å². The van der Waals surface area contributed by atoms with Gasteiger partial charge in [0.25, 0.3) is 11.6 Å². The number of non-ortho nitro benzene ring substituents is 1. The van der Waals surface area contributed by atoms with Gasteiger partial charge in [0.1, 0.15) is 5.75 Å². The second-order valence-corrected chi connectivity index (χ2v) is 5.23. The molecule has 0 saturated heterocycles. The highest BCUT2D eigenvalue weighted by atomic mass is 35.5. The first-order valence-electron chi connectivity index (χ1n) is 6.85. The quantitative estimate of drug-likeness (QED) is 0.509. The first-order valence-corrected chi connectivity index (χ1v) is 7.23. The average Bonchev–Trinajstić information content (AvgIpc) is 2.59. The zero-order valence-electron chi connectivity index (χ0n) is 12.9. The molecule has 2 aromatic rings. The number of hydrogen-bond acceptors (Lipinski definition) is 5. The molecule has 0 aliphatic heterocycles. The van der Waals surface area contributed by atoms with E-state index in [0.29, 0.717) is 22.0 Å². The van der Waals surface area contributed by atoms with Crippen LogP contribution < -0.4 is 10.2 Å². The van der Waals surface area contributed by atoms with Crippen LogP contribution in [-0.2, 0) is 0 Å². The summed E-state index contributed by atoms with van der Waals surface area (Å²) in [6.07, 6.45) is 0. The van der Waals surface area contributed by atoms with Gasteiger partial charge in [0.2, 0.25) is 0 Å². The molecule has 0 heterocycles. The molecule has 2 aromatic carbocycles. The molecule has 0 atom stereocenters. The van der Waals surface area contributed by atoms with Crippen LogP contribution in [0.4, 0.5) is 5.69 Å². The van der Waals surface area contributed by atoms with Crippen LogP contribution in [0.15, 0.2) is 47.6 Å². The lowest BCUT2D eigenvalue weighted by Crippen LogP contribution is -2.20. The summed E-state index contributed by atoms with van der Waals surface area (Å²) in [6.45, 7) is 1.63. The molecule has 24 heavy (non-hydrogen) atoms. The van der Waals surface area contributed by atoms with Gasteiger partial charge in [-0.3, -0.25) is 14.9 Å². The van der Waals surface area contributed by atoms with Crippen LogP contribution in [0.5, 0.6) is 5.75 Å². The molecule has 1 amide bonds. The Morgan fingerprint density at radius 3 is 2.71 bits per heavy atom. The van der Waals surface area contributed by atoms with Gasteiger partial charge in [-0.05, 0) is 25.1 Å². The Morgan fingerprint density at radius 2 is 2.04 bits per heavy atom. The van der Waals surface area contributed by atoms with E-state index < -0.39 is 10.8 Å². The summed E-state index contributed by atoms with van der Waals surface area (Å²) >= 11 is 5.89. The van der Waals surface area contributed by atoms with Crippen LogP contribution in [0.1, 0.15) is 22.8 Å². The van der Waals surface area contributed by atoms with Crippen molar-refractivity contribution in [2.75, 3.05) is 7.11 Å². The maximum Gasteiger partial charge on any atom is 0.275 e. The monoisotopic (exact) mass is 347 g/mol. The molecule has 2 rings (SSSR count). The number of carbonyl (C=O) groups is 1. The van der Waals surface area contributed by atoms with Gasteiger partial charge >= 0.3 is 0 Å². The number of nitro benzene ring substituents is 1. The molecule has 0 unspecified atom stereocenters. The molecule has 0 aromatic heterocycles. The third kappa shape index (κ3) is 4.08. The van der Waals surface area contributed by atoms with E-state index in [1.807, 2.05) is 0 Å². The van der Waals surface area contributed by atoms with Crippen LogP contribution in [0.3, 0.4) is 0 Å². The summed E-state index contributed by atoms with van der Waals surface area (Å²) in [5.41, 5.74) is 3.53. The number of nitro groups is 1. The van der Waals surface area contributed by atoms with E-state index in [1.165, 1.54) is 25.3 Å². The molecule has 0 aliphatic carbocycles. The number of rotatable bonds is 5. The fourth-order valence-corrected chi connectivity index (χ4v) is 2.13. The number of carbonyl (C=O) groups excluding carboxylic acids is 1. The lowest BCUT2D eigenvalue weighted by molar-refractivity contribution is -0.384. The van der Waals surface area contributed by atoms with Crippen molar-refractivity contribution in [3.8, 4) is 5.75 Å². The van der Waals surface area contributed by atoms with Crippen molar-refractivity contribution in [1.82, 2.24) is 5.43 Å². The van der Waals surface area contributed by atoms with Crippen LogP contribution in [0, 0.1) is 10.1 Å². The fraction of sp³-hybridized carbons (Fsp3) is 0.125. The largest absolute Gasteiger partial charge is 0.496 e.